The predicted octanol–water partition coefficient (Wildman–Crippen LogP) is 4.88. The van der Waals surface area contributed by atoms with E-state index in [2.05, 4.69) is 47.9 Å². The van der Waals surface area contributed by atoms with Gasteiger partial charge in [0.25, 0.3) is 5.91 Å². The normalized spacial score (nSPS) is 22.0. The molecule has 1 aliphatic heterocycles. The zero-order valence-corrected chi connectivity index (χ0v) is 15.0. The highest BCUT2D eigenvalue weighted by molar-refractivity contribution is 7.16. The molecular formula is C21H20N2OS. The van der Waals surface area contributed by atoms with Gasteiger partial charge in [0.05, 0.1) is 5.56 Å². The van der Waals surface area contributed by atoms with Crippen LogP contribution in [0.1, 0.15) is 45.9 Å². The van der Waals surface area contributed by atoms with Crippen molar-refractivity contribution in [3.8, 4) is 0 Å². The Morgan fingerprint density at radius 1 is 1.08 bits per heavy atom. The number of amides is 1. The second-order valence-electron chi connectivity index (χ2n) is 7.21. The van der Waals surface area contributed by atoms with Gasteiger partial charge in [-0.1, -0.05) is 43.3 Å². The van der Waals surface area contributed by atoms with E-state index >= 15 is 0 Å². The van der Waals surface area contributed by atoms with E-state index in [1.54, 1.807) is 11.3 Å². The van der Waals surface area contributed by atoms with Crippen LogP contribution >= 0.6 is 11.3 Å². The zero-order valence-electron chi connectivity index (χ0n) is 14.1. The average molecular weight is 348 g/mol. The molecule has 0 saturated heterocycles. The van der Waals surface area contributed by atoms with Crippen molar-refractivity contribution in [2.75, 3.05) is 5.32 Å². The molecule has 126 valence electrons. The van der Waals surface area contributed by atoms with Gasteiger partial charge in [-0.25, -0.2) is 0 Å². The van der Waals surface area contributed by atoms with Crippen molar-refractivity contribution in [2.45, 2.75) is 32.4 Å². The minimum atomic E-state index is -0.165. The van der Waals surface area contributed by atoms with Gasteiger partial charge in [0.1, 0.15) is 11.2 Å². The largest absolute Gasteiger partial charge is 0.353 e. The molecule has 25 heavy (non-hydrogen) atoms. The maximum Gasteiger partial charge on any atom is 0.256 e. The van der Waals surface area contributed by atoms with Crippen LogP contribution in [-0.4, -0.2) is 5.91 Å². The van der Waals surface area contributed by atoms with Crippen molar-refractivity contribution in [1.29, 1.82) is 0 Å². The highest BCUT2D eigenvalue weighted by Crippen LogP contribution is 2.42. The number of anilines is 1. The third-order valence-corrected chi connectivity index (χ3v) is 6.58. The van der Waals surface area contributed by atoms with Crippen LogP contribution in [0, 0.1) is 5.92 Å². The number of fused-ring (bicyclic) bond motifs is 4. The maximum atomic E-state index is 12.8. The molecule has 3 nitrogen and oxygen atoms in total. The van der Waals surface area contributed by atoms with E-state index in [0.29, 0.717) is 5.92 Å². The first-order valence-electron chi connectivity index (χ1n) is 8.89. The topological polar surface area (TPSA) is 41.1 Å². The lowest BCUT2D eigenvalue weighted by Gasteiger charge is -2.27. The third-order valence-electron chi connectivity index (χ3n) is 5.40. The van der Waals surface area contributed by atoms with Gasteiger partial charge in [-0.3, -0.25) is 4.79 Å². The van der Waals surface area contributed by atoms with Gasteiger partial charge in [-0.05, 0) is 53.1 Å². The van der Waals surface area contributed by atoms with Crippen molar-refractivity contribution in [2.24, 2.45) is 5.92 Å². The molecular weight excluding hydrogens is 328 g/mol. The summed E-state index contributed by atoms with van der Waals surface area (Å²) >= 11 is 1.78. The van der Waals surface area contributed by atoms with E-state index in [4.69, 9.17) is 0 Å². The van der Waals surface area contributed by atoms with E-state index < -0.39 is 0 Å². The summed E-state index contributed by atoms with van der Waals surface area (Å²) in [5.41, 5.74) is 3.27. The van der Waals surface area contributed by atoms with Crippen LogP contribution in [0.25, 0.3) is 10.8 Å². The van der Waals surface area contributed by atoms with Gasteiger partial charge < -0.3 is 10.6 Å². The highest BCUT2D eigenvalue weighted by atomic mass is 32.1. The Morgan fingerprint density at radius 2 is 1.92 bits per heavy atom. The number of rotatable bonds is 1. The summed E-state index contributed by atoms with van der Waals surface area (Å²) < 4.78 is 0. The fourth-order valence-electron chi connectivity index (χ4n) is 4.02. The highest BCUT2D eigenvalue weighted by Gasteiger charge is 2.33. The molecule has 4 heteroatoms. The number of thiophene rings is 1. The number of hydrogen-bond acceptors (Lipinski definition) is 3. The molecule has 5 rings (SSSR count). The Labute approximate surface area is 151 Å². The molecule has 2 atom stereocenters. The monoisotopic (exact) mass is 348 g/mol. The maximum absolute atomic E-state index is 12.8. The van der Waals surface area contributed by atoms with Gasteiger partial charge in [0, 0.05) is 4.88 Å². The van der Waals surface area contributed by atoms with Gasteiger partial charge in [0.15, 0.2) is 0 Å². The lowest BCUT2D eigenvalue weighted by molar-refractivity contribution is 0.0935. The molecule has 3 aromatic rings. The Morgan fingerprint density at radius 3 is 2.80 bits per heavy atom. The summed E-state index contributed by atoms with van der Waals surface area (Å²) in [6, 6.07) is 14.7. The molecule has 1 aromatic heterocycles. The minimum absolute atomic E-state index is 0.0685. The Balaban J connectivity index is 1.52. The molecule has 2 aliphatic rings. The van der Waals surface area contributed by atoms with Crippen LogP contribution in [0.4, 0.5) is 5.00 Å². The molecule has 0 radical (unpaired) electrons. The molecule has 0 fully saturated rings. The van der Waals surface area contributed by atoms with Gasteiger partial charge in [-0.2, -0.15) is 0 Å². The average Bonchev–Trinajstić information content (AvgIpc) is 2.99. The fraction of sp³-hybridized carbons (Fsp3) is 0.286. The molecule has 0 unspecified atom stereocenters. The Hall–Kier alpha value is -2.33. The fourth-order valence-corrected chi connectivity index (χ4v) is 5.45. The van der Waals surface area contributed by atoms with Crippen molar-refractivity contribution < 1.29 is 4.79 Å². The van der Waals surface area contributed by atoms with E-state index in [1.807, 2.05) is 12.1 Å². The van der Waals surface area contributed by atoms with Gasteiger partial charge in [-0.15, -0.1) is 11.3 Å². The molecule has 2 heterocycles. The summed E-state index contributed by atoms with van der Waals surface area (Å²) in [5, 5.41) is 10.2. The predicted molar refractivity (Wildman–Crippen MR) is 103 cm³/mol. The number of nitrogens with one attached hydrogen (secondary N) is 2. The van der Waals surface area contributed by atoms with Crippen LogP contribution in [0.5, 0.6) is 0 Å². The SMILES string of the molecule is C[C@H]1CCc2c(sc3c2C(=O)N[C@H](c2ccc4ccccc4c2)N3)C1. The van der Waals surface area contributed by atoms with E-state index in [-0.39, 0.29) is 12.1 Å². The lowest BCUT2D eigenvalue weighted by atomic mass is 9.88. The van der Waals surface area contributed by atoms with Crippen LogP contribution in [0.15, 0.2) is 42.5 Å². The Bertz CT molecular complexity index is 991. The second kappa shape index (κ2) is 5.60. The molecule has 2 aromatic carbocycles. The first-order valence-corrected chi connectivity index (χ1v) is 9.71. The van der Waals surface area contributed by atoms with Crippen LogP contribution in [-0.2, 0) is 12.8 Å². The summed E-state index contributed by atoms with van der Waals surface area (Å²) in [4.78, 5) is 14.2. The molecule has 2 N–H and O–H groups in total. The lowest BCUT2D eigenvalue weighted by Crippen LogP contribution is -2.38. The van der Waals surface area contributed by atoms with Crippen LogP contribution in [0.2, 0.25) is 0 Å². The zero-order chi connectivity index (χ0) is 17.0. The summed E-state index contributed by atoms with van der Waals surface area (Å²) in [6.07, 6.45) is 3.14. The molecule has 0 saturated carbocycles. The van der Waals surface area contributed by atoms with E-state index in [9.17, 15) is 4.79 Å². The summed E-state index contributed by atoms with van der Waals surface area (Å²) in [7, 11) is 0. The van der Waals surface area contributed by atoms with Crippen molar-refractivity contribution in [1.82, 2.24) is 5.32 Å². The van der Waals surface area contributed by atoms with Crippen molar-refractivity contribution in [3.05, 3.63) is 64.0 Å². The number of carbonyl (C=O) groups excluding carboxylic acids is 1. The molecule has 0 spiro atoms. The first-order chi connectivity index (χ1) is 12.2. The van der Waals surface area contributed by atoms with Crippen molar-refractivity contribution >= 4 is 33.0 Å². The summed E-state index contributed by atoms with van der Waals surface area (Å²) in [6.45, 7) is 2.30. The smallest absolute Gasteiger partial charge is 0.256 e. The molecule has 0 bridgehead atoms. The summed E-state index contributed by atoms with van der Waals surface area (Å²) in [5.74, 6) is 0.783. The quantitative estimate of drug-likeness (QED) is 0.658. The number of benzene rings is 2. The first kappa shape index (κ1) is 15.0. The van der Waals surface area contributed by atoms with Crippen LogP contribution in [0.3, 0.4) is 0 Å². The molecule has 1 amide bonds. The van der Waals surface area contributed by atoms with E-state index in [1.165, 1.54) is 27.6 Å². The minimum Gasteiger partial charge on any atom is -0.353 e. The van der Waals surface area contributed by atoms with Crippen molar-refractivity contribution in [3.63, 3.8) is 0 Å². The van der Waals surface area contributed by atoms with Gasteiger partial charge >= 0.3 is 0 Å². The van der Waals surface area contributed by atoms with Gasteiger partial charge in [0.2, 0.25) is 0 Å². The number of carbonyl (C=O) groups is 1. The molecule has 1 aliphatic carbocycles. The van der Waals surface area contributed by atoms with E-state index in [0.717, 1.165) is 29.0 Å². The van der Waals surface area contributed by atoms with Crippen LogP contribution < -0.4 is 10.6 Å². The standard InChI is InChI=1S/C21H20N2OS/c1-12-6-9-16-17(10-12)25-21-18(16)20(24)22-19(23-21)15-8-7-13-4-2-3-5-14(13)11-15/h2-5,7-8,11-12,19,23H,6,9-10H2,1H3,(H,22,24)/t12-,19-/m0/s1. The second-order valence-corrected chi connectivity index (χ2v) is 8.32. The number of hydrogen-bond donors (Lipinski definition) is 2. The third kappa shape index (κ3) is 2.44. The Kier molecular flexibility index (Phi) is 3.35.